The van der Waals surface area contributed by atoms with Crippen LogP contribution in [0.15, 0.2) is 0 Å². The number of hydrogen-bond acceptors (Lipinski definition) is 2. The molecule has 2 atom stereocenters. The highest BCUT2D eigenvalue weighted by Gasteiger charge is 2.30. The Kier molecular flexibility index (Phi) is 3.06. The molecule has 1 aliphatic carbocycles. The fourth-order valence-electron chi connectivity index (χ4n) is 2.80. The van der Waals surface area contributed by atoms with Gasteiger partial charge in [0.1, 0.15) is 0 Å². The van der Waals surface area contributed by atoms with Gasteiger partial charge in [0.2, 0.25) is 0 Å². The molecule has 1 saturated carbocycles. The maximum Gasteiger partial charge on any atom is 0.306 e. The third-order valence-corrected chi connectivity index (χ3v) is 3.61. The third-order valence-electron chi connectivity index (χ3n) is 3.61. The van der Waals surface area contributed by atoms with E-state index in [-0.39, 0.29) is 5.92 Å². The monoisotopic (exact) mass is 197 g/mol. The summed E-state index contributed by atoms with van der Waals surface area (Å²) in [5.74, 6) is 0.00530. The lowest BCUT2D eigenvalue weighted by atomic mass is 10.0. The Morgan fingerprint density at radius 1 is 1.29 bits per heavy atom. The van der Waals surface area contributed by atoms with Crippen molar-refractivity contribution in [2.45, 2.75) is 32.1 Å². The highest BCUT2D eigenvalue weighted by Crippen LogP contribution is 2.32. The normalized spacial score (nSPS) is 33.7. The van der Waals surface area contributed by atoms with Crippen molar-refractivity contribution in [3.8, 4) is 0 Å². The van der Waals surface area contributed by atoms with E-state index >= 15 is 0 Å². The summed E-state index contributed by atoms with van der Waals surface area (Å²) in [6.45, 7) is 3.60. The molecule has 1 heterocycles. The topological polar surface area (TPSA) is 40.5 Å². The molecule has 0 aromatic rings. The molecule has 0 radical (unpaired) electrons. The van der Waals surface area contributed by atoms with Gasteiger partial charge in [-0.15, -0.1) is 0 Å². The van der Waals surface area contributed by atoms with Gasteiger partial charge in [-0.05, 0) is 51.1 Å². The lowest BCUT2D eigenvalue weighted by molar-refractivity contribution is -0.141. The number of rotatable bonds is 3. The van der Waals surface area contributed by atoms with Crippen molar-refractivity contribution in [1.29, 1.82) is 0 Å². The Morgan fingerprint density at radius 2 is 2.00 bits per heavy atom. The van der Waals surface area contributed by atoms with Gasteiger partial charge >= 0.3 is 5.97 Å². The van der Waals surface area contributed by atoms with Crippen LogP contribution >= 0.6 is 0 Å². The van der Waals surface area contributed by atoms with Crippen LogP contribution in [0.2, 0.25) is 0 Å². The molecule has 0 aromatic heterocycles. The van der Waals surface area contributed by atoms with Crippen LogP contribution in [0.4, 0.5) is 0 Å². The Bertz CT molecular complexity index is 211. The third kappa shape index (κ3) is 2.27. The summed E-state index contributed by atoms with van der Waals surface area (Å²) in [7, 11) is 0. The molecular weight excluding hydrogens is 178 g/mol. The SMILES string of the molecule is O=C(O)C1CCC(CN2CCCC2)C1. The van der Waals surface area contributed by atoms with Crippen molar-refractivity contribution in [3.05, 3.63) is 0 Å². The predicted molar refractivity (Wildman–Crippen MR) is 54.1 cm³/mol. The van der Waals surface area contributed by atoms with Crippen molar-refractivity contribution in [2.24, 2.45) is 11.8 Å². The molecule has 2 unspecified atom stereocenters. The summed E-state index contributed by atoms with van der Waals surface area (Å²) in [4.78, 5) is 13.3. The summed E-state index contributed by atoms with van der Waals surface area (Å²) in [5, 5.41) is 8.88. The second-order valence-corrected chi connectivity index (χ2v) is 4.72. The molecule has 2 aliphatic rings. The van der Waals surface area contributed by atoms with Crippen molar-refractivity contribution in [2.75, 3.05) is 19.6 Å². The van der Waals surface area contributed by atoms with E-state index < -0.39 is 5.97 Å². The second kappa shape index (κ2) is 4.30. The van der Waals surface area contributed by atoms with E-state index in [1.165, 1.54) is 25.9 Å². The highest BCUT2D eigenvalue weighted by atomic mass is 16.4. The minimum absolute atomic E-state index is 0.0531. The van der Waals surface area contributed by atoms with E-state index in [0.29, 0.717) is 5.92 Å². The molecule has 1 aliphatic heterocycles. The lowest BCUT2D eigenvalue weighted by Crippen LogP contribution is -2.25. The summed E-state index contributed by atoms with van der Waals surface area (Å²) in [6.07, 6.45) is 5.58. The van der Waals surface area contributed by atoms with Crippen LogP contribution in [0.5, 0.6) is 0 Å². The average molecular weight is 197 g/mol. The Balaban J connectivity index is 1.75. The van der Waals surface area contributed by atoms with Crippen LogP contribution in [0.25, 0.3) is 0 Å². The summed E-state index contributed by atoms with van der Waals surface area (Å²) >= 11 is 0. The highest BCUT2D eigenvalue weighted by molar-refractivity contribution is 5.70. The average Bonchev–Trinajstić information content (AvgIpc) is 2.75. The number of hydrogen-bond donors (Lipinski definition) is 1. The number of nitrogens with zero attached hydrogens (tertiary/aromatic N) is 1. The van der Waals surface area contributed by atoms with Crippen LogP contribution < -0.4 is 0 Å². The number of aliphatic carboxylic acids is 1. The van der Waals surface area contributed by atoms with Crippen LogP contribution in [0.1, 0.15) is 32.1 Å². The van der Waals surface area contributed by atoms with E-state index in [1.807, 2.05) is 0 Å². The molecule has 14 heavy (non-hydrogen) atoms. The molecular formula is C11H19NO2. The van der Waals surface area contributed by atoms with Gasteiger partial charge in [-0.25, -0.2) is 0 Å². The molecule has 1 N–H and O–H groups in total. The van der Waals surface area contributed by atoms with Crippen molar-refractivity contribution >= 4 is 5.97 Å². The van der Waals surface area contributed by atoms with Crippen molar-refractivity contribution < 1.29 is 9.90 Å². The van der Waals surface area contributed by atoms with Gasteiger partial charge in [0.25, 0.3) is 0 Å². The molecule has 2 fully saturated rings. The van der Waals surface area contributed by atoms with Gasteiger partial charge in [0.15, 0.2) is 0 Å². The molecule has 0 aromatic carbocycles. The maximum atomic E-state index is 10.8. The first-order valence-corrected chi connectivity index (χ1v) is 5.71. The van der Waals surface area contributed by atoms with Gasteiger partial charge in [0, 0.05) is 6.54 Å². The van der Waals surface area contributed by atoms with E-state index in [4.69, 9.17) is 5.11 Å². The minimum Gasteiger partial charge on any atom is -0.481 e. The van der Waals surface area contributed by atoms with Crippen LogP contribution in [0.3, 0.4) is 0 Å². The zero-order valence-electron chi connectivity index (χ0n) is 8.61. The van der Waals surface area contributed by atoms with Gasteiger partial charge in [-0.3, -0.25) is 4.79 Å². The number of likely N-dealkylation sites (tertiary alicyclic amines) is 1. The minimum atomic E-state index is -0.589. The standard InChI is InChI=1S/C11H19NO2/c13-11(14)10-4-3-9(7-10)8-12-5-1-2-6-12/h9-10H,1-8H2,(H,13,14). The summed E-state index contributed by atoms with van der Waals surface area (Å²) < 4.78 is 0. The predicted octanol–water partition coefficient (Wildman–Crippen LogP) is 1.58. The molecule has 3 heteroatoms. The van der Waals surface area contributed by atoms with Crippen molar-refractivity contribution in [3.63, 3.8) is 0 Å². The first-order valence-electron chi connectivity index (χ1n) is 5.71. The van der Waals surface area contributed by atoms with Gasteiger partial charge in [-0.1, -0.05) is 0 Å². The number of carboxylic acid groups (broad SMARTS) is 1. The lowest BCUT2D eigenvalue weighted by Gasteiger charge is -2.19. The summed E-state index contributed by atoms with van der Waals surface area (Å²) in [6, 6.07) is 0. The molecule has 3 nitrogen and oxygen atoms in total. The molecule has 0 spiro atoms. The van der Waals surface area contributed by atoms with E-state index in [9.17, 15) is 4.79 Å². The van der Waals surface area contributed by atoms with Crippen LogP contribution in [-0.2, 0) is 4.79 Å². The fraction of sp³-hybridized carbons (Fsp3) is 0.909. The quantitative estimate of drug-likeness (QED) is 0.746. The molecule has 0 bridgehead atoms. The van der Waals surface area contributed by atoms with Crippen LogP contribution in [0, 0.1) is 11.8 Å². The zero-order valence-corrected chi connectivity index (χ0v) is 8.61. The first kappa shape index (κ1) is 9.97. The Labute approximate surface area is 85.1 Å². The Hall–Kier alpha value is -0.570. The number of carbonyl (C=O) groups is 1. The van der Waals surface area contributed by atoms with E-state index in [1.54, 1.807) is 0 Å². The smallest absolute Gasteiger partial charge is 0.306 e. The second-order valence-electron chi connectivity index (χ2n) is 4.72. The molecule has 2 rings (SSSR count). The summed E-state index contributed by atoms with van der Waals surface area (Å²) in [5.41, 5.74) is 0. The molecule has 0 amide bonds. The first-order chi connectivity index (χ1) is 6.75. The van der Waals surface area contributed by atoms with Gasteiger partial charge in [-0.2, -0.15) is 0 Å². The molecule has 1 saturated heterocycles. The molecule has 80 valence electrons. The van der Waals surface area contributed by atoms with Gasteiger partial charge < -0.3 is 10.0 Å². The zero-order chi connectivity index (χ0) is 9.97. The van der Waals surface area contributed by atoms with Crippen molar-refractivity contribution in [1.82, 2.24) is 4.90 Å². The Morgan fingerprint density at radius 3 is 2.57 bits per heavy atom. The fourth-order valence-corrected chi connectivity index (χ4v) is 2.80. The van der Waals surface area contributed by atoms with E-state index in [2.05, 4.69) is 4.90 Å². The largest absolute Gasteiger partial charge is 0.481 e. The number of carboxylic acids is 1. The maximum absolute atomic E-state index is 10.8. The van der Waals surface area contributed by atoms with Crippen LogP contribution in [-0.4, -0.2) is 35.6 Å². The van der Waals surface area contributed by atoms with E-state index in [0.717, 1.165) is 25.8 Å². The van der Waals surface area contributed by atoms with Gasteiger partial charge in [0.05, 0.1) is 5.92 Å².